The van der Waals surface area contributed by atoms with Crippen LogP contribution in [0.1, 0.15) is 6.92 Å². The van der Waals surface area contributed by atoms with Crippen molar-refractivity contribution >= 4 is 23.1 Å². The molecule has 8 heavy (non-hydrogen) atoms. The van der Waals surface area contributed by atoms with Gasteiger partial charge in [-0.15, -0.1) is 0 Å². The van der Waals surface area contributed by atoms with Crippen LogP contribution in [0, 0.1) is 0 Å². The lowest BCUT2D eigenvalue weighted by Gasteiger charge is -2.02. The van der Waals surface area contributed by atoms with Gasteiger partial charge in [-0.05, 0) is 6.92 Å². The molecule has 0 aromatic carbocycles. The Morgan fingerprint density at radius 3 is 2.25 bits per heavy atom. The number of carbonyl (C=O) groups excluding carboxylic acids is 2. The molecule has 3 nitrogen and oxygen atoms in total. The Morgan fingerprint density at radius 1 is 1.62 bits per heavy atom. The normalized spacial score (nSPS) is 16.8. The first-order valence-electron chi connectivity index (χ1n) is 2.02. The molecule has 0 heterocycles. The quantitative estimate of drug-likeness (QED) is 0.386. The first-order valence-corrected chi connectivity index (χ1v) is 3.30. The summed E-state index contributed by atoms with van der Waals surface area (Å²) in [5.41, 5.74) is 0.263. The molecule has 0 radical (unpaired) electrons. The summed E-state index contributed by atoms with van der Waals surface area (Å²) < 4.78 is 10.3. The zero-order chi connectivity index (χ0) is 6.57. The molecule has 0 aliphatic carbocycles. The van der Waals surface area contributed by atoms with E-state index in [2.05, 4.69) is 0 Å². The van der Waals surface area contributed by atoms with Crippen LogP contribution in [0.15, 0.2) is 0 Å². The number of carbonyl (C=O) groups is 2. The van der Waals surface area contributed by atoms with Gasteiger partial charge in [-0.3, -0.25) is 4.79 Å². The maximum absolute atomic E-state index is 10.3. The molecule has 0 N–H and O–H groups in total. The molecule has 0 aromatic rings. The highest BCUT2D eigenvalue weighted by Gasteiger charge is 2.13. The van der Waals surface area contributed by atoms with E-state index < -0.39 is 16.4 Å². The lowest BCUT2D eigenvalue weighted by Crippen LogP contribution is -2.19. The maximum Gasteiger partial charge on any atom is 0.318 e. The summed E-state index contributed by atoms with van der Waals surface area (Å²) in [5.74, 6) is 0. The molecule has 2 atom stereocenters. The van der Waals surface area contributed by atoms with Gasteiger partial charge in [0.15, 0.2) is 11.5 Å². The van der Waals surface area contributed by atoms with E-state index in [1.807, 2.05) is 0 Å². The van der Waals surface area contributed by atoms with Crippen molar-refractivity contribution in [3.8, 4) is 0 Å². The predicted octanol–water partition coefficient (Wildman–Crippen LogP) is -0.487. The van der Waals surface area contributed by atoms with Crippen LogP contribution in [-0.4, -0.2) is 21.7 Å². The van der Waals surface area contributed by atoms with Gasteiger partial charge in [-0.25, -0.2) is 4.79 Å². The van der Waals surface area contributed by atoms with E-state index in [-0.39, 0.29) is 5.62 Å². The minimum atomic E-state index is -1.62. The van der Waals surface area contributed by atoms with E-state index in [1.54, 1.807) is 0 Å². The van der Waals surface area contributed by atoms with Gasteiger partial charge in [0, 0.05) is 11.2 Å². The van der Waals surface area contributed by atoms with Gasteiger partial charge in [0.2, 0.25) is 0 Å². The van der Waals surface area contributed by atoms with Crippen molar-refractivity contribution in [3.63, 3.8) is 0 Å². The average molecular weight is 134 g/mol. The molecule has 2 unspecified atom stereocenters. The molecule has 0 aliphatic rings. The Hall–Kier alpha value is -0.350. The third-order valence-electron chi connectivity index (χ3n) is 0.653. The number of aldehydes is 1. The van der Waals surface area contributed by atoms with E-state index >= 15 is 0 Å². The van der Waals surface area contributed by atoms with E-state index in [1.165, 1.54) is 6.92 Å². The van der Waals surface area contributed by atoms with Crippen LogP contribution in [0.3, 0.4) is 0 Å². The zero-order valence-electron chi connectivity index (χ0n) is 4.37. The minimum absolute atomic E-state index is 0.263. The van der Waals surface area contributed by atoms with Crippen LogP contribution in [0.2, 0.25) is 0 Å². The molecule has 0 fully saturated rings. The van der Waals surface area contributed by atoms with Crippen molar-refractivity contribution in [1.82, 2.24) is 0 Å². The zero-order valence-corrected chi connectivity index (χ0v) is 5.18. The molecule has 4 heteroatoms. The third-order valence-corrected chi connectivity index (χ3v) is 1.69. The SMILES string of the molecule is CC(C=O)[S+]([O-])C=O. The van der Waals surface area contributed by atoms with Crippen LogP contribution >= 0.6 is 0 Å². The van der Waals surface area contributed by atoms with Crippen molar-refractivity contribution in [3.05, 3.63) is 0 Å². The average Bonchev–Trinajstić information content (AvgIpc) is 1.84. The van der Waals surface area contributed by atoms with Crippen molar-refractivity contribution < 1.29 is 14.1 Å². The first kappa shape index (κ1) is 7.65. The second kappa shape index (κ2) is 3.63. The third kappa shape index (κ3) is 2.09. The van der Waals surface area contributed by atoms with Crippen molar-refractivity contribution in [2.75, 3.05) is 0 Å². The number of hydrogen-bond donors (Lipinski definition) is 0. The molecule has 0 amide bonds. The van der Waals surface area contributed by atoms with Crippen LogP contribution in [0.5, 0.6) is 0 Å². The Bertz CT molecular complexity index is 81.3. The van der Waals surface area contributed by atoms with Gasteiger partial charge in [-0.2, -0.15) is 0 Å². The summed E-state index contributed by atoms with van der Waals surface area (Å²) >= 11 is -1.62. The lowest BCUT2D eigenvalue weighted by molar-refractivity contribution is -0.107. The van der Waals surface area contributed by atoms with Gasteiger partial charge >= 0.3 is 5.62 Å². The van der Waals surface area contributed by atoms with Crippen molar-refractivity contribution in [2.24, 2.45) is 0 Å². The summed E-state index contributed by atoms with van der Waals surface area (Å²) in [4.78, 5) is 19.4. The summed E-state index contributed by atoms with van der Waals surface area (Å²) in [5, 5.41) is -0.660. The number of hydrogen-bond acceptors (Lipinski definition) is 3. The standard InChI is InChI=1S/C4H6O3S/c1-4(2-5)8(7)3-6/h2-4H,1H3. The molecule has 0 bridgehead atoms. The summed E-state index contributed by atoms with van der Waals surface area (Å²) in [7, 11) is 0. The predicted molar refractivity (Wildman–Crippen MR) is 30.4 cm³/mol. The van der Waals surface area contributed by atoms with Gasteiger partial charge in [-0.1, -0.05) is 0 Å². The Balaban J connectivity index is 3.60. The van der Waals surface area contributed by atoms with Crippen LogP contribution in [0.25, 0.3) is 0 Å². The molecular weight excluding hydrogens is 128 g/mol. The molecule has 0 spiro atoms. The smallest absolute Gasteiger partial charge is 0.318 e. The second-order valence-electron chi connectivity index (χ2n) is 1.27. The highest BCUT2D eigenvalue weighted by molar-refractivity contribution is 8.05. The summed E-state index contributed by atoms with van der Waals surface area (Å²) in [6, 6.07) is 0. The minimum Gasteiger partial charge on any atom is -0.609 e. The van der Waals surface area contributed by atoms with Crippen molar-refractivity contribution in [1.29, 1.82) is 0 Å². The summed E-state index contributed by atoms with van der Waals surface area (Å²) in [6.45, 7) is 1.43. The second-order valence-corrected chi connectivity index (χ2v) is 2.86. The van der Waals surface area contributed by atoms with Gasteiger partial charge < -0.3 is 4.55 Å². The van der Waals surface area contributed by atoms with Gasteiger partial charge in [0.1, 0.15) is 0 Å². The molecule has 0 rings (SSSR count). The molecule has 0 saturated heterocycles. The highest BCUT2D eigenvalue weighted by atomic mass is 32.2. The van der Waals surface area contributed by atoms with E-state index in [0.29, 0.717) is 6.29 Å². The Morgan fingerprint density at radius 2 is 2.12 bits per heavy atom. The van der Waals surface area contributed by atoms with Crippen LogP contribution in [0.4, 0.5) is 0 Å². The van der Waals surface area contributed by atoms with E-state index in [0.717, 1.165) is 0 Å². The molecule has 46 valence electrons. The fourth-order valence-electron chi connectivity index (χ4n) is 0.142. The highest BCUT2D eigenvalue weighted by Crippen LogP contribution is 1.92. The van der Waals surface area contributed by atoms with Crippen LogP contribution in [-0.2, 0) is 20.8 Å². The lowest BCUT2D eigenvalue weighted by atomic mass is 10.5. The number of rotatable bonds is 3. The van der Waals surface area contributed by atoms with Crippen LogP contribution < -0.4 is 0 Å². The van der Waals surface area contributed by atoms with Gasteiger partial charge in [0.05, 0.1) is 0 Å². The molecule has 0 aromatic heterocycles. The molecular formula is C4H6O3S. The Kier molecular flexibility index (Phi) is 3.47. The van der Waals surface area contributed by atoms with E-state index in [9.17, 15) is 14.1 Å². The fraction of sp³-hybridized carbons (Fsp3) is 0.500. The largest absolute Gasteiger partial charge is 0.609 e. The van der Waals surface area contributed by atoms with Crippen molar-refractivity contribution in [2.45, 2.75) is 12.2 Å². The van der Waals surface area contributed by atoms with E-state index in [4.69, 9.17) is 0 Å². The first-order chi connectivity index (χ1) is 3.72. The summed E-state index contributed by atoms with van der Waals surface area (Å²) in [6.07, 6.45) is 0.491. The fourth-order valence-corrected chi connectivity index (χ4v) is 0.427. The molecule has 0 aliphatic heterocycles. The monoisotopic (exact) mass is 134 g/mol. The van der Waals surface area contributed by atoms with Gasteiger partial charge in [0.25, 0.3) is 0 Å². The molecule has 0 saturated carbocycles. The topological polar surface area (TPSA) is 57.2 Å². The Labute approximate surface area is 50.3 Å². The maximum atomic E-state index is 10.3.